The van der Waals surface area contributed by atoms with Crippen LogP contribution in [0.25, 0.3) is 0 Å². The standard InChI is InChI=1S/C27H31F3N2S/c1-6-21-17-23(10-9-22(21)13-14-26(3,4)5)32-16-15-31-25(19(32)2)33-24-11-7-20(8-12-24)18-27(28,29)30/h7-12,15-17H,2,6,13-14,18H2,1,3-5H3. The van der Waals surface area contributed by atoms with Gasteiger partial charge in [-0.3, -0.25) is 0 Å². The van der Waals surface area contributed by atoms with E-state index in [4.69, 9.17) is 0 Å². The van der Waals surface area contributed by atoms with Crippen LogP contribution in [0.3, 0.4) is 0 Å². The van der Waals surface area contributed by atoms with Crippen LogP contribution < -0.4 is 4.90 Å². The first-order valence-corrected chi connectivity index (χ1v) is 12.0. The van der Waals surface area contributed by atoms with Crippen LogP contribution in [0.15, 0.2) is 77.0 Å². The first kappa shape index (κ1) is 25.2. The van der Waals surface area contributed by atoms with Gasteiger partial charge in [0.15, 0.2) is 0 Å². The fourth-order valence-electron chi connectivity index (χ4n) is 3.63. The smallest absolute Gasteiger partial charge is 0.314 e. The second-order valence-corrected chi connectivity index (χ2v) is 10.5. The molecule has 0 saturated carbocycles. The van der Waals surface area contributed by atoms with Crippen LogP contribution in [0.4, 0.5) is 18.9 Å². The van der Waals surface area contributed by atoms with Gasteiger partial charge in [-0.1, -0.05) is 64.2 Å². The predicted octanol–water partition coefficient (Wildman–Crippen LogP) is 8.33. The van der Waals surface area contributed by atoms with E-state index in [0.717, 1.165) is 40.6 Å². The lowest BCUT2D eigenvalue weighted by Crippen LogP contribution is -2.22. The van der Waals surface area contributed by atoms with Crippen molar-refractivity contribution in [3.05, 3.63) is 83.8 Å². The van der Waals surface area contributed by atoms with Gasteiger partial charge in [0.25, 0.3) is 0 Å². The molecule has 3 rings (SSSR count). The number of anilines is 1. The lowest BCUT2D eigenvalue weighted by Gasteiger charge is -2.27. The van der Waals surface area contributed by atoms with E-state index in [-0.39, 0.29) is 5.56 Å². The summed E-state index contributed by atoms with van der Waals surface area (Å²) in [6.07, 6.45) is 1.63. The SMILES string of the molecule is C=C1C(Sc2ccc(CC(F)(F)F)cc2)=NC=CN1c1ccc(CCC(C)(C)C)c(CC)c1. The Hall–Kier alpha value is -2.47. The topological polar surface area (TPSA) is 15.6 Å². The highest BCUT2D eigenvalue weighted by atomic mass is 32.2. The van der Waals surface area contributed by atoms with Crippen molar-refractivity contribution < 1.29 is 13.2 Å². The average Bonchev–Trinajstić information content (AvgIpc) is 2.73. The average molecular weight is 473 g/mol. The second kappa shape index (κ2) is 10.2. The van der Waals surface area contributed by atoms with Crippen LogP contribution in [0, 0.1) is 5.41 Å². The number of alkyl halides is 3. The lowest BCUT2D eigenvalue weighted by atomic mass is 9.87. The summed E-state index contributed by atoms with van der Waals surface area (Å²) in [5.74, 6) is 0. The van der Waals surface area contributed by atoms with Crippen LogP contribution in [-0.2, 0) is 19.3 Å². The number of aryl methyl sites for hydroxylation is 2. The van der Waals surface area contributed by atoms with E-state index in [1.165, 1.54) is 35.0 Å². The van der Waals surface area contributed by atoms with Crippen molar-refractivity contribution in [3.8, 4) is 0 Å². The molecule has 0 saturated heterocycles. The van der Waals surface area contributed by atoms with Gasteiger partial charge in [0, 0.05) is 23.0 Å². The largest absolute Gasteiger partial charge is 0.393 e. The minimum Gasteiger partial charge on any atom is -0.314 e. The quantitative estimate of drug-likeness (QED) is 0.420. The van der Waals surface area contributed by atoms with Gasteiger partial charge in [0.1, 0.15) is 5.04 Å². The van der Waals surface area contributed by atoms with Crippen molar-refractivity contribution in [2.24, 2.45) is 10.4 Å². The third-order valence-electron chi connectivity index (χ3n) is 5.48. The summed E-state index contributed by atoms with van der Waals surface area (Å²) in [6, 6.07) is 13.0. The molecule has 0 aromatic heterocycles. The van der Waals surface area contributed by atoms with Crippen molar-refractivity contribution in [1.29, 1.82) is 0 Å². The second-order valence-electron chi connectivity index (χ2n) is 9.45. The highest BCUT2D eigenvalue weighted by molar-refractivity contribution is 8.14. The molecule has 0 N–H and O–H groups in total. The molecule has 1 aliphatic heterocycles. The summed E-state index contributed by atoms with van der Waals surface area (Å²) in [5, 5.41) is 0.718. The molecule has 0 fully saturated rings. The summed E-state index contributed by atoms with van der Waals surface area (Å²) in [5.41, 5.74) is 5.02. The number of aliphatic imine (C=N–C) groups is 1. The summed E-state index contributed by atoms with van der Waals surface area (Å²) in [4.78, 5) is 7.29. The summed E-state index contributed by atoms with van der Waals surface area (Å²) < 4.78 is 37.8. The predicted molar refractivity (Wildman–Crippen MR) is 134 cm³/mol. The van der Waals surface area contributed by atoms with E-state index < -0.39 is 12.6 Å². The molecule has 1 heterocycles. The minimum atomic E-state index is -4.21. The first-order chi connectivity index (χ1) is 15.4. The molecule has 2 nitrogen and oxygen atoms in total. The van der Waals surface area contributed by atoms with Crippen LogP contribution in [0.1, 0.15) is 50.8 Å². The molecular formula is C27H31F3N2S. The molecule has 33 heavy (non-hydrogen) atoms. The van der Waals surface area contributed by atoms with Crippen molar-refractivity contribution in [1.82, 2.24) is 0 Å². The molecule has 0 radical (unpaired) electrons. The summed E-state index contributed by atoms with van der Waals surface area (Å²) >= 11 is 1.40. The van der Waals surface area contributed by atoms with Crippen molar-refractivity contribution in [2.75, 3.05) is 4.90 Å². The van der Waals surface area contributed by atoms with Crippen LogP contribution >= 0.6 is 11.8 Å². The molecule has 0 unspecified atom stereocenters. The Labute approximate surface area is 199 Å². The van der Waals surface area contributed by atoms with Gasteiger partial charge in [-0.05, 0) is 65.6 Å². The van der Waals surface area contributed by atoms with Crippen molar-refractivity contribution in [2.45, 2.75) is 64.5 Å². The molecule has 0 amide bonds. The first-order valence-electron chi connectivity index (χ1n) is 11.1. The van der Waals surface area contributed by atoms with E-state index in [2.05, 4.69) is 57.5 Å². The molecule has 1 aliphatic rings. The maximum absolute atomic E-state index is 12.6. The number of rotatable bonds is 6. The van der Waals surface area contributed by atoms with Crippen molar-refractivity contribution in [3.63, 3.8) is 0 Å². The van der Waals surface area contributed by atoms with Crippen LogP contribution in [0.5, 0.6) is 0 Å². The minimum absolute atomic E-state index is 0.247. The number of hydrogen-bond acceptors (Lipinski definition) is 3. The van der Waals surface area contributed by atoms with Crippen LogP contribution in [0.2, 0.25) is 0 Å². The number of thioether (sulfide) groups is 1. The Bertz CT molecular complexity index is 1040. The van der Waals surface area contributed by atoms with E-state index in [1.54, 1.807) is 18.3 Å². The van der Waals surface area contributed by atoms with Gasteiger partial charge >= 0.3 is 6.18 Å². The maximum atomic E-state index is 12.6. The monoisotopic (exact) mass is 472 g/mol. The molecular weight excluding hydrogens is 441 g/mol. The number of nitrogens with zero attached hydrogens (tertiary/aromatic N) is 2. The number of halogens is 3. The molecule has 0 atom stereocenters. The molecule has 176 valence electrons. The Balaban J connectivity index is 1.72. The number of hydrogen-bond donors (Lipinski definition) is 0. The zero-order chi connectivity index (χ0) is 24.2. The fraction of sp³-hybridized carbons (Fsp3) is 0.370. The Morgan fingerprint density at radius 3 is 2.30 bits per heavy atom. The van der Waals surface area contributed by atoms with Crippen molar-refractivity contribution >= 4 is 22.5 Å². The Morgan fingerprint density at radius 1 is 1.00 bits per heavy atom. The zero-order valence-electron chi connectivity index (χ0n) is 19.7. The zero-order valence-corrected chi connectivity index (χ0v) is 20.5. The van der Waals surface area contributed by atoms with E-state index >= 15 is 0 Å². The molecule has 2 aromatic rings. The third kappa shape index (κ3) is 7.26. The molecule has 0 spiro atoms. The number of benzene rings is 2. The Kier molecular flexibility index (Phi) is 7.78. The van der Waals surface area contributed by atoms with E-state index in [9.17, 15) is 13.2 Å². The van der Waals surface area contributed by atoms with Gasteiger partial charge in [0.05, 0.1) is 12.1 Å². The van der Waals surface area contributed by atoms with E-state index in [1.807, 2.05) is 11.1 Å². The summed E-state index contributed by atoms with van der Waals surface area (Å²) in [6.45, 7) is 13.2. The molecule has 0 bridgehead atoms. The molecule has 2 aromatic carbocycles. The Morgan fingerprint density at radius 2 is 1.70 bits per heavy atom. The third-order valence-corrected chi connectivity index (χ3v) is 6.52. The summed E-state index contributed by atoms with van der Waals surface area (Å²) in [7, 11) is 0. The molecule has 6 heteroatoms. The highest BCUT2D eigenvalue weighted by Gasteiger charge is 2.27. The lowest BCUT2D eigenvalue weighted by molar-refractivity contribution is -0.127. The maximum Gasteiger partial charge on any atom is 0.393 e. The highest BCUT2D eigenvalue weighted by Crippen LogP contribution is 2.33. The molecule has 0 aliphatic carbocycles. The van der Waals surface area contributed by atoms with Gasteiger partial charge in [0.2, 0.25) is 0 Å². The normalized spacial score (nSPS) is 14.6. The van der Waals surface area contributed by atoms with Gasteiger partial charge in [-0.15, -0.1) is 0 Å². The van der Waals surface area contributed by atoms with Gasteiger partial charge in [-0.2, -0.15) is 13.2 Å². The van der Waals surface area contributed by atoms with Crippen LogP contribution in [-0.4, -0.2) is 11.2 Å². The van der Waals surface area contributed by atoms with Gasteiger partial charge < -0.3 is 4.90 Å². The van der Waals surface area contributed by atoms with E-state index in [0.29, 0.717) is 5.41 Å². The van der Waals surface area contributed by atoms with Gasteiger partial charge in [-0.25, -0.2) is 4.99 Å². The fourth-order valence-corrected chi connectivity index (χ4v) is 4.45.